The zero-order chi connectivity index (χ0) is 13.7. The summed E-state index contributed by atoms with van der Waals surface area (Å²) in [6.07, 6.45) is 1.70. The second-order valence-electron chi connectivity index (χ2n) is 4.23. The van der Waals surface area contributed by atoms with Crippen LogP contribution in [0, 0.1) is 11.3 Å². The van der Waals surface area contributed by atoms with Crippen molar-refractivity contribution in [2.24, 2.45) is 5.73 Å². The van der Waals surface area contributed by atoms with Crippen LogP contribution >= 0.6 is 12.2 Å². The number of nitrogens with zero attached hydrogens (tertiary/aromatic N) is 2. The number of anilines is 1. The summed E-state index contributed by atoms with van der Waals surface area (Å²) in [4.78, 5) is 2.40. The van der Waals surface area contributed by atoms with Crippen LogP contribution < -0.4 is 10.6 Å². The van der Waals surface area contributed by atoms with Crippen molar-refractivity contribution in [3.8, 4) is 6.07 Å². The van der Waals surface area contributed by atoms with Gasteiger partial charge in [0.05, 0.1) is 18.8 Å². The van der Waals surface area contributed by atoms with Crippen LogP contribution in [0.4, 0.5) is 5.69 Å². The molecule has 98 valence electrons. The van der Waals surface area contributed by atoms with E-state index in [1.54, 1.807) is 6.08 Å². The first-order chi connectivity index (χ1) is 9.20. The first-order valence-electron chi connectivity index (χ1n) is 6.05. The SMILES string of the molecule is N#C/C(=C\c1ccc(N2CCOCC2)cc1)C(N)=S. The lowest BCUT2D eigenvalue weighted by Crippen LogP contribution is -2.36. The molecule has 0 unspecified atom stereocenters. The molecule has 2 N–H and O–H groups in total. The number of ether oxygens (including phenoxy) is 1. The van der Waals surface area contributed by atoms with Gasteiger partial charge in [0.25, 0.3) is 0 Å². The van der Waals surface area contributed by atoms with Crippen LogP contribution in [0.1, 0.15) is 5.56 Å². The third kappa shape index (κ3) is 3.53. The molecule has 0 spiro atoms. The minimum absolute atomic E-state index is 0.125. The lowest BCUT2D eigenvalue weighted by Gasteiger charge is -2.28. The summed E-state index contributed by atoms with van der Waals surface area (Å²) >= 11 is 4.81. The highest BCUT2D eigenvalue weighted by molar-refractivity contribution is 7.80. The molecular weight excluding hydrogens is 258 g/mol. The summed E-state index contributed by atoms with van der Waals surface area (Å²) in [5, 5.41) is 8.91. The van der Waals surface area contributed by atoms with Crippen LogP contribution in [0.25, 0.3) is 6.08 Å². The molecule has 1 aromatic carbocycles. The predicted octanol–water partition coefficient (Wildman–Crippen LogP) is 1.72. The van der Waals surface area contributed by atoms with Crippen molar-refractivity contribution in [1.82, 2.24) is 0 Å². The van der Waals surface area contributed by atoms with Gasteiger partial charge in [-0.3, -0.25) is 0 Å². The Hall–Kier alpha value is -1.90. The molecule has 0 radical (unpaired) electrons. The molecule has 4 nitrogen and oxygen atoms in total. The van der Waals surface area contributed by atoms with Gasteiger partial charge in [-0.2, -0.15) is 5.26 Å². The highest BCUT2D eigenvalue weighted by Gasteiger charge is 2.10. The van der Waals surface area contributed by atoms with Crippen LogP contribution in [0.3, 0.4) is 0 Å². The molecule has 0 atom stereocenters. The number of benzene rings is 1. The third-order valence-electron chi connectivity index (χ3n) is 2.97. The van der Waals surface area contributed by atoms with E-state index in [1.807, 2.05) is 30.3 Å². The first kappa shape index (κ1) is 13.5. The van der Waals surface area contributed by atoms with Crippen LogP contribution in [0.15, 0.2) is 29.8 Å². The van der Waals surface area contributed by atoms with Crippen molar-refractivity contribution in [3.63, 3.8) is 0 Å². The fourth-order valence-corrected chi connectivity index (χ4v) is 2.03. The molecule has 0 amide bonds. The summed E-state index contributed by atoms with van der Waals surface area (Å²) in [7, 11) is 0. The predicted molar refractivity (Wildman–Crippen MR) is 79.8 cm³/mol. The fraction of sp³-hybridized carbons (Fsp3) is 0.286. The van der Waals surface area contributed by atoms with Crippen molar-refractivity contribution in [2.75, 3.05) is 31.2 Å². The Labute approximate surface area is 118 Å². The molecule has 5 heteroatoms. The minimum atomic E-state index is 0.125. The quantitative estimate of drug-likeness (QED) is 0.516. The van der Waals surface area contributed by atoms with Crippen molar-refractivity contribution in [3.05, 3.63) is 35.4 Å². The van der Waals surface area contributed by atoms with E-state index in [0.717, 1.165) is 37.6 Å². The molecule has 1 saturated heterocycles. The van der Waals surface area contributed by atoms with Crippen molar-refractivity contribution in [1.29, 1.82) is 5.26 Å². The maximum Gasteiger partial charge on any atom is 0.114 e. The molecule has 0 saturated carbocycles. The monoisotopic (exact) mass is 273 g/mol. The van der Waals surface area contributed by atoms with Gasteiger partial charge in [0, 0.05) is 18.8 Å². The molecule has 0 aromatic heterocycles. The Morgan fingerprint density at radius 1 is 1.32 bits per heavy atom. The molecule has 2 rings (SSSR count). The Morgan fingerprint density at radius 2 is 1.95 bits per heavy atom. The van der Waals surface area contributed by atoms with E-state index in [-0.39, 0.29) is 4.99 Å². The zero-order valence-electron chi connectivity index (χ0n) is 10.5. The van der Waals surface area contributed by atoms with Gasteiger partial charge in [-0.25, -0.2) is 0 Å². The molecule has 0 bridgehead atoms. The van der Waals surface area contributed by atoms with Crippen molar-refractivity contribution >= 4 is 29.0 Å². The van der Waals surface area contributed by atoms with Crippen molar-refractivity contribution < 1.29 is 4.74 Å². The van der Waals surface area contributed by atoms with Crippen LogP contribution in [-0.2, 0) is 4.74 Å². The largest absolute Gasteiger partial charge is 0.389 e. The van der Waals surface area contributed by atoms with Gasteiger partial charge >= 0.3 is 0 Å². The van der Waals surface area contributed by atoms with Gasteiger partial charge in [-0.05, 0) is 23.8 Å². The van der Waals surface area contributed by atoms with E-state index in [2.05, 4.69) is 4.90 Å². The Kier molecular flexibility index (Phi) is 4.50. The summed E-state index contributed by atoms with van der Waals surface area (Å²) in [6, 6.07) is 9.98. The van der Waals surface area contributed by atoms with E-state index >= 15 is 0 Å². The molecule has 1 fully saturated rings. The Balaban J connectivity index is 2.14. The summed E-state index contributed by atoms with van der Waals surface area (Å²) < 4.78 is 5.32. The fourth-order valence-electron chi connectivity index (χ4n) is 1.93. The number of thiocarbonyl (C=S) groups is 1. The van der Waals surface area contributed by atoms with Gasteiger partial charge in [0.15, 0.2) is 0 Å². The van der Waals surface area contributed by atoms with Gasteiger partial charge in [-0.15, -0.1) is 0 Å². The summed E-state index contributed by atoms with van der Waals surface area (Å²) in [5.41, 5.74) is 7.87. The van der Waals surface area contributed by atoms with E-state index in [9.17, 15) is 0 Å². The Morgan fingerprint density at radius 3 is 2.47 bits per heavy atom. The highest BCUT2D eigenvalue weighted by Crippen LogP contribution is 2.18. The maximum atomic E-state index is 8.91. The average Bonchev–Trinajstić information content (AvgIpc) is 2.46. The molecule has 19 heavy (non-hydrogen) atoms. The second kappa shape index (κ2) is 6.32. The van der Waals surface area contributed by atoms with Crippen molar-refractivity contribution in [2.45, 2.75) is 0 Å². The number of hydrogen-bond donors (Lipinski definition) is 1. The van der Waals surface area contributed by atoms with Gasteiger partial charge in [0.2, 0.25) is 0 Å². The number of morpholine rings is 1. The highest BCUT2D eigenvalue weighted by atomic mass is 32.1. The smallest absolute Gasteiger partial charge is 0.114 e. The minimum Gasteiger partial charge on any atom is -0.389 e. The molecule has 1 aliphatic rings. The van der Waals surface area contributed by atoms with E-state index < -0.39 is 0 Å². The summed E-state index contributed by atoms with van der Waals surface area (Å²) in [5.74, 6) is 0. The van der Waals surface area contributed by atoms with Crippen LogP contribution in [0.2, 0.25) is 0 Å². The second-order valence-corrected chi connectivity index (χ2v) is 4.66. The van der Waals surface area contributed by atoms with E-state index in [1.165, 1.54) is 0 Å². The Bertz CT molecular complexity index is 525. The standard InChI is InChI=1S/C14H15N3OS/c15-10-12(14(16)19)9-11-1-3-13(4-2-11)17-5-7-18-8-6-17/h1-4,9H,5-8H2,(H2,16,19)/b12-9+. The lowest BCUT2D eigenvalue weighted by molar-refractivity contribution is 0.122. The molecule has 1 aromatic rings. The lowest BCUT2D eigenvalue weighted by atomic mass is 10.1. The summed E-state index contributed by atoms with van der Waals surface area (Å²) in [6.45, 7) is 3.35. The van der Waals surface area contributed by atoms with E-state index in [4.69, 9.17) is 28.0 Å². The molecule has 1 heterocycles. The van der Waals surface area contributed by atoms with Crippen LogP contribution in [0.5, 0.6) is 0 Å². The zero-order valence-corrected chi connectivity index (χ0v) is 11.3. The van der Waals surface area contributed by atoms with Gasteiger partial charge in [0.1, 0.15) is 11.1 Å². The normalized spacial score (nSPS) is 15.9. The number of hydrogen-bond acceptors (Lipinski definition) is 4. The average molecular weight is 273 g/mol. The van der Waals surface area contributed by atoms with Crippen LogP contribution in [-0.4, -0.2) is 31.3 Å². The first-order valence-corrected chi connectivity index (χ1v) is 6.46. The van der Waals surface area contributed by atoms with Gasteiger partial charge < -0.3 is 15.4 Å². The van der Waals surface area contributed by atoms with Gasteiger partial charge in [-0.1, -0.05) is 24.4 Å². The molecule has 1 aliphatic heterocycles. The number of nitriles is 1. The molecule has 0 aliphatic carbocycles. The van der Waals surface area contributed by atoms with E-state index in [0.29, 0.717) is 5.57 Å². The third-order valence-corrected chi connectivity index (χ3v) is 3.19. The number of rotatable bonds is 3. The molecular formula is C14H15N3OS. The number of nitrogens with two attached hydrogens (primary N) is 1. The topological polar surface area (TPSA) is 62.3 Å². The maximum absolute atomic E-state index is 8.91.